The Labute approximate surface area is 156 Å². The van der Waals surface area contributed by atoms with Gasteiger partial charge in [0.25, 0.3) is 0 Å². The van der Waals surface area contributed by atoms with Crippen LogP contribution in [0.4, 0.5) is 0 Å². The van der Waals surface area contributed by atoms with Gasteiger partial charge in [-0.2, -0.15) is 0 Å². The quantitative estimate of drug-likeness (QED) is 0.694. The van der Waals surface area contributed by atoms with Gasteiger partial charge in [-0.15, -0.1) is 0 Å². The third-order valence-electron chi connectivity index (χ3n) is 4.46. The average Bonchev–Trinajstić information content (AvgIpc) is 3.04. The first-order chi connectivity index (χ1) is 13.0. The van der Waals surface area contributed by atoms with E-state index in [-0.39, 0.29) is 30.4 Å². The standard InChI is InChI=1S/C19H23N3O5/c1-3-26-18(24)17-16(21-19(25)22-17)15-10-13(20-11(2)23)9-14(27-15)12-7-5-4-6-8-12/h4-8,13-15H,3,9-10H2,1-2H3,(H,20,23)(H2,21,22,25)/t13-,14-,15+/m0/s1. The fourth-order valence-electron chi connectivity index (χ4n) is 3.40. The summed E-state index contributed by atoms with van der Waals surface area (Å²) in [7, 11) is 0. The van der Waals surface area contributed by atoms with Gasteiger partial charge >= 0.3 is 11.7 Å². The number of aromatic nitrogens is 2. The molecule has 0 bridgehead atoms. The van der Waals surface area contributed by atoms with E-state index in [0.29, 0.717) is 18.5 Å². The van der Waals surface area contributed by atoms with Crippen molar-refractivity contribution in [3.05, 3.63) is 57.8 Å². The van der Waals surface area contributed by atoms with Gasteiger partial charge in [0.15, 0.2) is 5.69 Å². The van der Waals surface area contributed by atoms with Gasteiger partial charge in [0.05, 0.1) is 18.4 Å². The zero-order chi connectivity index (χ0) is 19.4. The highest BCUT2D eigenvalue weighted by atomic mass is 16.5. The van der Waals surface area contributed by atoms with Crippen LogP contribution in [0.5, 0.6) is 0 Å². The number of rotatable bonds is 5. The van der Waals surface area contributed by atoms with Crippen LogP contribution in [-0.4, -0.2) is 34.5 Å². The van der Waals surface area contributed by atoms with Gasteiger partial charge in [-0.25, -0.2) is 9.59 Å². The first-order valence-corrected chi connectivity index (χ1v) is 8.94. The number of benzene rings is 1. The van der Waals surface area contributed by atoms with Gasteiger partial charge in [0.1, 0.15) is 6.10 Å². The first kappa shape index (κ1) is 18.9. The summed E-state index contributed by atoms with van der Waals surface area (Å²) in [5, 5.41) is 2.92. The Morgan fingerprint density at radius 2 is 1.89 bits per heavy atom. The molecule has 0 spiro atoms. The predicted octanol–water partition coefficient (Wildman–Crippen LogP) is 1.98. The van der Waals surface area contributed by atoms with Crippen molar-refractivity contribution < 1.29 is 19.1 Å². The minimum atomic E-state index is -0.618. The molecule has 1 fully saturated rings. The van der Waals surface area contributed by atoms with E-state index in [1.54, 1.807) is 6.92 Å². The summed E-state index contributed by atoms with van der Waals surface area (Å²) in [4.78, 5) is 40.7. The van der Waals surface area contributed by atoms with E-state index in [1.807, 2.05) is 30.3 Å². The number of carbonyl (C=O) groups excluding carboxylic acids is 2. The Morgan fingerprint density at radius 1 is 1.19 bits per heavy atom. The topological polar surface area (TPSA) is 113 Å². The fourth-order valence-corrected chi connectivity index (χ4v) is 3.40. The molecule has 8 nitrogen and oxygen atoms in total. The second-order valence-corrected chi connectivity index (χ2v) is 6.48. The molecule has 1 aliphatic rings. The van der Waals surface area contributed by atoms with Crippen LogP contribution in [0.2, 0.25) is 0 Å². The van der Waals surface area contributed by atoms with Crippen LogP contribution in [0, 0.1) is 0 Å². The van der Waals surface area contributed by atoms with E-state index < -0.39 is 17.8 Å². The van der Waals surface area contributed by atoms with Crippen molar-refractivity contribution in [3.63, 3.8) is 0 Å². The van der Waals surface area contributed by atoms with Crippen molar-refractivity contribution in [2.75, 3.05) is 6.61 Å². The summed E-state index contributed by atoms with van der Waals surface area (Å²) >= 11 is 0. The molecule has 0 radical (unpaired) electrons. The Balaban J connectivity index is 1.92. The molecule has 1 aromatic heterocycles. The van der Waals surface area contributed by atoms with E-state index in [9.17, 15) is 14.4 Å². The number of esters is 1. The van der Waals surface area contributed by atoms with Gasteiger partial charge in [-0.3, -0.25) is 9.78 Å². The van der Waals surface area contributed by atoms with Crippen LogP contribution < -0.4 is 11.0 Å². The van der Waals surface area contributed by atoms with Gasteiger partial charge in [-0.1, -0.05) is 30.3 Å². The lowest BCUT2D eigenvalue weighted by atomic mass is 9.92. The summed E-state index contributed by atoms with van der Waals surface area (Å²) in [6.45, 7) is 3.35. The number of aromatic amines is 2. The summed E-state index contributed by atoms with van der Waals surface area (Å²) in [6, 6.07) is 9.49. The molecule has 1 aliphatic heterocycles. The van der Waals surface area contributed by atoms with Gasteiger partial charge < -0.3 is 19.8 Å². The number of nitrogens with one attached hydrogen (secondary N) is 3. The maximum atomic E-state index is 12.2. The van der Waals surface area contributed by atoms with Crippen molar-refractivity contribution in [2.24, 2.45) is 0 Å². The van der Waals surface area contributed by atoms with Crippen LogP contribution in [0.25, 0.3) is 0 Å². The number of imidazole rings is 1. The molecule has 3 N–H and O–H groups in total. The molecule has 2 aromatic rings. The summed E-state index contributed by atoms with van der Waals surface area (Å²) in [5.74, 6) is -0.756. The van der Waals surface area contributed by atoms with Gasteiger partial charge in [-0.05, 0) is 25.3 Å². The smallest absolute Gasteiger partial charge is 0.356 e. The van der Waals surface area contributed by atoms with Crippen molar-refractivity contribution in [1.29, 1.82) is 0 Å². The van der Waals surface area contributed by atoms with Gasteiger partial charge in [0, 0.05) is 13.0 Å². The molecule has 8 heteroatoms. The normalized spacial score (nSPS) is 22.2. The van der Waals surface area contributed by atoms with Crippen molar-refractivity contribution >= 4 is 11.9 Å². The molecule has 3 rings (SSSR count). The zero-order valence-electron chi connectivity index (χ0n) is 15.3. The van der Waals surface area contributed by atoms with Crippen LogP contribution in [0.15, 0.2) is 35.1 Å². The molecule has 1 amide bonds. The van der Waals surface area contributed by atoms with Crippen molar-refractivity contribution in [1.82, 2.24) is 15.3 Å². The maximum Gasteiger partial charge on any atom is 0.356 e. The van der Waals surface area contributed by atoms with Crippen LogP contribution in [0.1, 0.15) is 60.6 Å². The molecule has 1 saturated heterocycles. The molecule has 1 aromatic carbocycles. The van der Waals surface area contributed by atoms with Crippen molar-refractivity contribution in [2.45, 2.75) is 44.9 Å². The third kappa shape index (κ3) is 4.46. The van der Waals surface area contributed by atoms with Crippen LogP contribution >= 0.6 is 0 Å². The van der Waals surface area contributed by atoms with E-state index >= 15 is 0 Å². The Morgan fingerprint density at radius 3 is 2.56 bits per heavy atom. The minimum absolute atomic E-state index is 0.0575. The zero-order valence-corrected chi connectivity index (χ0v) is 15.3. The van der Waals surface area contributed by atoms with E-state index in [1.165, 1.54) is 6.92 Å². The molecule has 3 atom stereocenters. The van der Waals surface area contributed by atoms with Crippen LogP contribution in [-0.2, 0) is 14.3 Å². The Bertz CT molecular complexity index is 858. The first-order valence-electron chi connectivity index (χ1n) is 8.94. The fraction of sp³-hybridized carbons (Fsp3) is 0.421. The molecule has 0 aliphatic carbocycles. The second kappa shape index (κ2) is 8.22. The molecule has 0 saturated carbocycles. The number of carbonyl (C=O) groups is 2. The number of H-pyrrole nitrogens is 2. The lowest BCUT2D eigenvalue weighted by Crippen LogP contribution is -2.40. The monoisotopic (exact) mass is 373 g/mol. The van der Waals surface area contributed by atoms with E-state index in [0.717, 1.165) is 5.56 Å². The number of hydrogen-bond acceptors (Lipinski definition) is 5. The number of ether oxygens (including phenoxy) is 2. The number of hydrogen-bond donors (Lipinski definition) is 3. The highest BCUT2D eigenvalue weighted by Gasteiger charge is 2.35. The molecule has 27 heavy (non-hydrogen) atoms. The molecule has 144 valence electrons. The molecular formula is C19H23N3O5. The predicted molar refractivity (Wildman–Crippen MR) is 97.2 cm³/mol. The lowest BCUT2D eigenvalue weighted by molar-refractivity contribution is -0.122. The second-order valence-electron chi connectivity index (χ2n) is 6.48. The largest absolute Gasteiger partial charge is 0.461 e. The van der Waals surface area contributed by atoms with Crippen molar-refractivity contribution in [3.8, 4) is 0 Å². The SMILES string of the molecule is CCOC(=O)c1[nH]c(=O)[nH]c1[C@H]1C[C@@H](NC(C)=O)C[C@@H](c2ccccc2)O1. The lowest BCUT2D eigenvalue weighted by Gasteiger charge is -2.35. The van der Waals surface area contributed by atoms with Crippen LogP contribution in [0.3, 0.4) is 0 Å². The summed E-state index contributed by atoms with van der Waals surface area (Å²) in [5.41, 5.74) is 0.860. The number of amides is 1. The summed E-state index contributed by atoms with van der Waals surface area (Å²) in [6.07, 6.45) is 0.182. The maximum absolute atomic E-state index is 12.2. The summed E-state index contributed by atoms with van der Waals surface area (Å²) < 4.78 is 11.2. The molecule has 0 unspecified atom stereocenters. The Hall–Kier alpha value is -2.87. The molecule has 2 heterocycles. The highest BCUT2D eigenvalue weighted by molar-refractivity contribution is 5.88. The van der Waals surface area contributed by atoms with E-state index in [2.05, 4.69) is 15.3 Å². The minimum Gasteiger partial charge on any atom is -0.461 e. The molecular weight excluding hydrogens is 350 g/mol. The third-order valence-corrected chi connectivity index (χ3v) is 4.46. The Kier molecular flexibility index (Phi) is 5.75. The highest BCUT2D eigenvalue weighted by Crippen LogP contribution is 2.38. The average molecular weight is 373 g/mol. The van der Waals surface area contributed by atoms with E-state index in [4.69, 9.17) is 9.47 Å². The van der Waals surface area contributed by atoms with Gasteiger partial charge in [0.2, 0.25) is 5.91 Å².